The van der Waals surface area contributed by atoms with Gasteiger partial charge in [-0.05, 0) is 44.4 Å². The molecule has 0 aliphatic rings. The van der Waals surface area contributed by atoms with Gasteiger partial charge in [-0.1, -0.05) is 18.2 Å². The third kappa shape index (κ3) is 4.10. The second-order valence-corrected chi connectivity index (χ2v) is 8.48. The van der Waals surface area contributed by atoms with Gasteiger partial charge in [0.05, 0.1) is 23.8 Å². The van der Waals surface area contributed by atoms with Crippen LogP contribution >= 0.6 is 0 Å². The molecule has 3 heterocycles. The average molecular weight is 439 g/mol. The molecule has 1 amide bonds. The van der Waals surface area contributed by atoms with Crippen LogP contribution in [0, 0.1) is 0 Å². The van der Waals surface area contributed by atoms with E-state index in [1.165, 1.54) is 10.9 Å². The van der Waals surface area contributed by atoms with E-state index in [1.807, 2.05) is 62.7 Å². The summed E-state index contributed by atoms with van der Waals surface area (Å²) in [5.41, 5.74) is 6.50. The number of aryl methyl sites for hydroxylation is 1. The van der Waals surface area contributed by atoms with Crippen LogP contribution in [0.4, 0.5) is 0 Å². The quantitative estimate of drug-likeness (QED) is 0.437. The number of nitrogens with one attached hydrogen (secondary N) is 1. The molecule has 1 N–H and O–H groups in total. The highest BCUT2D eigenvalue weighted by molar-refractivity contribution is 5.94. The van der Waals surface area contributed by atoms with E-state index in [2.05, 4.69) is 54.7 Å². The summed E-state index contributed by atoms with van der Waals surface area (Å²) in [4.78, 5) is 23.5. The van der Waals surface area contributed by atoms with Crippen LogP contribution in [0.5, 0.6) is 0 Å². The number of amides is 1. The lowest BCUT2D eigenvalue weighted by atomic mass is 10.1. The summed E-state index contributed by atoms with van der Waals surface area (Å²) in [6, 6.07) is 16.1. The first-order chi connectivity index (χ1) is 16.0. The smallest absolute Gasteiger partial charge is 0.251 e. The molecule has 2 aromatic carbocycles. The minimum Gasteiger partial charge on any atom is -0.351 e. The summed E-state index contributed by atoms with van der Waals surface area (Å²) < 4.78 is 4.18. The van der Waals surface area contributed by atoms with Crippen molar-refractivity contribution < 1.29 is 4.79 Å². The molecule has 3 aromatic heterocycles. The number of benzene rings is 2. The average Bonchev–Trinajstić information content (AvgIpc) is 3.41. The summed E-state index contributed by atoms with van der Waals surface area (Å²) in [6.07, 6.45) is 7.73. The molecule has 0 bridgehead atoms. The number of fused-ring (bicyclic) bond motifs is 2. The van der Waals surface area contributed by atoms with Gasteiger partial charge >= 0.3 is 0 Å². The molecule has 0 aliphatic heterocycles. The first-order valence-corrected chi connectivity index (χ1v) is 10.9. The zero-order valence-electron chi connectivity index (χ0n) is 19.0. The van der Waals surface area contributed by atoms with Crippen molar-refractivity contribution in [3.05, 3.63) is 78.9 Å². The highest BCUT2D eigenvalue weighted by Crippen LogP contribution is 2.27. The fourth-order valence-corrected chi connectivity index (χ4v) is 3.98. The molecule has 0 saturated heterocycles. The molecule has 7 nitrogen and oxygen atoms in total. The molecule has 0 aliphatic carbocycles. The van der Waals surface area contributed by atoms with E-state index < -0.39 is 0 Å². The molecule has 5 rings (SSSR count). The van der Waals surface area contributed by atoms with Crippen molar-refractivity contribution in [3.63, 3.8) is 0 Å². The summed E-state index contributed by atoms with van der Waals surface area (Å²) in [7, 11) is 6.01. The van der Waals surface area contributed by atoms with E-state index in [9.17, 15) is 4.79 Å². The van der Waals surface area contributed by atoms with Crippen molar-refractivity contribution in [2.24, 2.45) is 7.05 Å². The van der Waals surface area contributed by atoms with E-state index in [4.69, 9.17) is 0 Å². The SMILES string of the molecule is CN(C)CCNC(=O)c1ccc(-c2cn3c(-c4ccc5c(ccn5C)c4)cnc3cn2)cc1. The van der Waals surface area contributed by atoms with Gasteiger partial charge in [-0.25, -0.2) is 4.98 Å². The van der Waals surface area contributed by atoms with Gasteiger partial charge in [0.25, 0.3) is 5.91 Å². The number of rotatable bonds is 6. The molecule has 166 valence electrons. The Morgan fingerprint density at radius 3 is 2.58 bits per heavy atom. The van der Waals surface area contributed by atoms with Crippen molar-refractivity contribution in [2.75, 3.05) is 27.2 Å². The predicted molar refractivity (Wildman–Crippen MR) is 131 cm³/mol. The fraction of sp³-hybridized carbons (Fsp3) is 0.192. The van der Waals surface area contributed by atoms with Crippen LogP contribution < -0.4 is 5.32 Å². The van der Waals surface area contributed by atoms with Crippen molar-refractivity contribution in [1.29, 1.82) is 0 Å². The number of carbonyl (C=O) groups is 1. The first kappa shape index (κ1) is 20.9. The molecule has 5 aromatic rings. The Kier molecular flexibility index (Phi) is 5.40. The Morgan fingerprint density at radius 1 is 1.00 bits per heavy atom. The summed E-state index contributed by atoms with van der Waals surface area (Å²) >= 11 is 0. The standard InChI is InChI=1S/C26H26N6O/c1-30(2)13-11-27-26(33)19-6-4-18(5-7-19)22-17-32-24(15-29-25(32)16-28-22)20-8-9-23-21(14-20)10-12-31(23)3/h4-10,12,14-17H,11,13H2,1-3H3,(H,27,33). The molecule has 0 unspecified atom stereocenters. The van der Waals surface area contributed by atoms with Gasteiger partial charge in [-0.2, -0.15) is 0 Å². The van der Waals surface area contributed by atoms with Crippen molar-refractivity contribution in [1.82, 2.24) is 29.2 Å². The zero-order chi connectivity index (χ0) is 22.9. The lowest BCUT2D eigenvalue weighted by Gasteiger charge is -2.10. The minimum atomic E-state index is -0.0694. The molecule has 7 heteroatoms. The molecule has 0 spiro atoms. The topological polar surface area (TPSA) is 67.5 Å². The number of likely N-dealkylation sites (N-methyl/N-ethyl adjacent to an activating group) is 1. The van der Waals surface area contributed by atoms with Gasteiger partial charge in [0.15, 0.2) is 5.65 Å². The highest BCUT2D eigenvalue weighted by atomic mass is 16.1. The lowest BCUT2D eigenvalue weighted by molar-refractivity contribution is 0.0951. The fourth-order valence-electron chi connectivity index (χ4n) is 3.98. The third-order valence-electron chi connectivity index (χ3n) is 5.86. The van der Waals surface area contributed by atoms with Gasteiger partial charge < -0.3 is 14.8 Å². The Morgan fingerprint density at radius 2 is 1.79 bits per heavy atom. The second kappa shape index (κ2) is 8.52. The number of hydrogen-bond donors (Lipinski definition) is 1. The number of hydrogen-bond acceptors (Lipinski definition) is 4. The van der Waals surface area contributed by atoms with E-state index in [1.54, 1.807) is 6.20 Å². The second-order valence-electron chi connectivity index (χ2n) is 8.48. The molecular weight excluding hydrogens is 412 g/mol. The van der Waals surface area contributed by atoms with Gasteiger partial charge in [-0.3, -0.25) is 14.2 Å². The number of aromatic nitrogens is 4. The zero-order valence-corrected chi connectivity index (χ0v) is 19.0. The van der Waals surface area contributed by atoms with Gasteiger partial charge in [0.1, 0.15) is 0 Å². The van der Waals surface area contributed by atoms with Crippen LogP contribution in [0.15, 0.2) is 73.3 Å². The molecule has 0 fully saturated rings. The van der Waals surface area contributed by atoms with Crippen molar-refractivity contribution >= 4 is 22.5 Å². The number of imidazole rings is 1. The highest BCUT2D eigenvalue weighted by Gasteiger charge is 2.11. The first-order valence-electron chi connectivity index (χ1n) is 10.9. The van der Waals surface area contributed by atoms with Crippen LogP contribution in [-0.2, 0) is 7.05 Å². The molecule has 0 radical (unpaired) electrons. The monoisotopic (exact) mass is 438 g/mol. The maximum Gasteiger partial charge on any atom is 0.251 e. The maximum absolute atomic E-state index is 12.4. The van der Waals surface area contributed by atoms with E-state index in [0.717, 1.165) is 34.7 Å². The minimum absolute atomic E-state index is 0.0694. The van der Waals surface area contributed by atoms with Crippen LogP contribution in [0.25, 0.3) is 39.1 Å². The van der Waals surface area contributed by atoms with Gasteiger partial charge in [0, 0.05) is 60.1 Å². The van der Waals surface area contributed by atoms with E-state index in [0.29, 0.717) is 12.1 Å². The van der Waals surface area contributed by atoms with E-state index in [-0.39, 0.29) is 5.91 Å². The molecule has 33 heavy (non-hydrogen) atoms. The van der Waals surface area contributed by atoms with Gasteiger partial charge in [0.2, 0.25) is 0 Å². The molecular formula is C26H26N6O. The Labute approximate surface area is 192 Å². The Bertz CT molecular complexity index is 1450. The largest absolute Gasteiger partial charge is 0.351 e. The van der Waals surface area contributed by atoms with Crippen LogP contribution in [-0.4, -0.2) is 56.9 Å². The summed E-state index contributed by atoms with van der Waals surface area (Å²) in [6.45, 7) is 1.42. The maximum atomic E-state index is 12.4. The lowest BCUT2D eigenvalue weighted by Crippen LogP contribution is -2.31. The van der Waals surface area contributed by atoms with Crippen molar-refractivity contribution in [3.8, 4) is 22.5 Å². The van der Waals surface area contributed by atoms with Crippen LogP contribution in [0.2, 0.25) is 0 Å². The van der Waals surface area contributed by atoms with E-state index >= 15 is 0 Å². The van der Waals surface area contributed by atoms with Crippen molar-refractivity contribution in [2.45, 2.75) is 0 Å². The summed E-state index contributed by atoms with van der Waals surface area (Å²) in [5.74, 6) is -0.0694. The molecule has 0 saturated carbocycles. The molecule has 0 atom stereocenters. The van der Waals surface area contributed by atoms with Crippen LogP contribution in [0.3, 0.4) is 0 Å². The number of carbonyl (C=O) groups excluding carboxylic acids is 1. The summed E-state index contributed by atoms with van der Waals surface area (Å²) in [5, 5.41) is 4.13. The third-order valence-corrected chi connectivity index (χ3v) is 5.86. The Hall–Kier alpha value is -3.97. The predicted octanol–water partition coefficient (Wildman–Crippen LogP) is 3.85. The Balaban J connectivity index is 1.43. The normalized spacial score (nSPS) is 11.5. The van der Waals surface area contributed by atoms with Crippen LogP contribution in [0.1, 0.15) is 10.4 Å². The number of nitrogens with zero attached hydrogens (tertiary/aromatic N) is 5. The van der Waals surface area contributed by atoms with Gasteiger partial charge in [-0.15, -0.1) is 0 Å².